The minimum Gasteiger partial charge on any atom is -0.331 e. The predicted octanol–water partition coefficient (Wildman–Crippen LogP) is 3.65. The van der Waals surface area contributed by atoms with Crippen molar-refractivity contribution in [2.75, 3.05) is 23.7 Å². The second kappa shape index (κ2) is 11.3. The molecular formula is C30H34N6O4. The van der Waals surface area contributed by atoms with Crippen LogP contribution in [-0.2, 0) is 26.2 Å². The molecule has 2 aromatic carbocycles. The van der Waals surface area contributed by atoms with Gasteiger partial charge in [0, 0.05) is 50.9 Å². The number of aryl methyl sites for hydroxylation is 1. The highest BCUT2D eigenvalue weighted by Gasteiger charge is 2.33. The van der Waals surface area contributed by atoms with Crippen LogP contribution in [0.5, 0.6) is 0 Å². The fourth-order valence-electron chi connectivity index (χ4n) is 5.61. The Morgan fingerprint density at radius 2 is 1.18 bits per heavy atom. The number of nitrogens with zero attached hydrogens (tertiary/aromatic N) is 4. The third-order valence-corrected chi connectivity index (χ3v) is 7.70. The topological polar surface area (TPSA) is 117 Å². The molecule has 10 heteroatoms. The maximum absolute atomic E-state index is 12.7. The van der Waals surface area contributed by atoms with Crippen molar-refractivity contribution in [3.8, 4) is 22.5 Å². The van der Waals surface area contributed by atoms with Crippen molar-refractivity contribution in [1.29, 1.82) is 0 Å². The molecule has 0 bridgehead atoms. The van der Waals surface area contributed by atoms with Crippen molar-refractivity contribution in [3.05, 3.63) is 54.6 Å². The van der Waals surface area contributed by atoms with Crippen molar-refractivity contribution in [1.82, 2.24) is 19.6 Å². The molecule has 2 unspecified atom stereocenters. The Hall–Kier alpha value is -4.47. The van der Waals surface area contributed by atoms with Gasteiger partial charge in [0.25, 0.3) is 0 Å². The molecule has 208 valence electrons. The van der Waals surface area contributed by atoms with E-state index in [0.29, 0.717) is 37.3 Å². The smallest absolute Gasteiger partial charge is 0.247 e. The van der Waals surface area contributed by atoms with Gasteiger partial charge in [-0.15, -0.1) is 0 Å². The van der Waals surface area contributed by atoms with Crippen molar-refractivity contribution in [3.63, 3.8) is 0 Å². The van der Waals surface area contributed by atoms with Gasteiger partial charge in [0.1, 0.15) is 12.1 Å². The highest BCUT2D eigenvalue weighted by atomic mass is 16.2. The molecule has 0 spiro atoms. The van der Waals surface area contributed by atoms with Crippen LogP contribution in [0.4, 0.5) is 11.4 Å². The quantitative estimate of drug-likeness (QED) is 0.493. The van der Waals surface area contributed by atoms with Crippen LogP contribution in [0.3, 0.4) is 0 Å². The van der Waals surface area contributed by atoms with E-state index in [4.69, 9.17) is 0 Å². The van der Waals surface area contributed by atoms with Gasteiger partial charge < -0.3 is 20.4 Å². The molecule has 40 heavy (non-hydrogen) atoms. The van der Waals surface area contributed by atoms with Crippen molar-refractivity contribution < 1.29 is 19.2 Å². The van der Waals surface area contributed by atoms with Crippen LogP contribution in [0.2, 0.25) is 0 Å². The first-order valence-electron chi connectivity index (χ1n) is 13.6. The molecule has 2 aliphatic rings. The van der Waals surface area contributed by atoms with Crippen molar-refractivity contribution in [2.45, 2.75) is 51.6 Å². The van der Waals surface area contributed by atoms with Crippen LogP contribution in [0, 0.1) is 0 Å². The normalized spacial score (nSPS) is 18.6. The lowest BCUT2D eigenvalue weighted by Gasteiger charge is -2.22. The minimum absolute atomic E-state index is 0.0792. The summed E-state index contributed by atoms with van der Waals surface area (Å²) >= 11 is 0. The summed E-state index contributed by atoms with van der Waals surface area (Å²) in [6.45, 7) is 4.23. The summed E-state index contributed by atoms with van der Waals surface area (Å²) in [4.78, 5) is 52.3. The maximum Gasteiger partial charge on any atom is 0.247 e. The van der Waals surface area contributed by atoms with Gasteiger partial charge in [0.15, 0.2) is 0 Å². The Kier molecular flexibility index (Phi) is 7.68. The van der Waals surface area contributed by atoms with Gasteiger partial charge >= 0.3 is 0 Å². The number of anilines is 2. The molecule has 0 saturated carbocycles. The summed E-state index contributed by atoms with van der Waals surface area (Å²) in [6.07, 6.45) is 3.01. The molecular weight excluding hydrogens is 508 g/mol. The van der Waals surface area contributed by atoms with Crippen LogP contribution < -0.4 is 10.6 Å². The van der Waals surface area contributed by atoms with Gasteiger partial charge in [-0.05, 0) is 61.6 Å². The van der Waals surface area contributed by atoms with E-state index in [9.17, 15) is 19.2 Å². The average molecular weight is 543 g/mol. The summed E-state index contributed by atoms with van der Waals surface area (Å²) in [6, 6.07) is 16.2. The number of benzene rings is 2. The van der Waals surface area contributed by atoms with E-state index in [2.05, 4.69) is 15.7 Å². The number of amides is 4. The molecule has 4 amide bonds. The second-order valence-electron chi connectivity index (χ2n) is 10.4. The maximum atomic E-state index is 12.7. The van der Waals surface area contributed by atoms with E-state index in [0.717, 1.165) is 35.4 Å². The largest absolute Gasteiger partial charge is 0.331 e. The second-order valence-corrected chi connectivity index (χ2v) is 10.4. The molecule has 10 nitrogen and oxygen atoms in total. The number of carbonyl (C=O) groups is 4. The van der Waals surface area contributed by atoms with Gasteiger partial charge in [-0.1, -0.05) is 24.3 Å². The first-order chi connectivity index (χ1) is 19.2. The molecule has 0 aliphatic carbocycles. The van der Waals surface area contributed by atoms with E-state index >= 15 is 0 Å². The summed E-state index contributed by atoms with van der Waals surface area (Å²) < 4.78 is 1.80. The molecule has 2 aliphatic heterocycles. The molecule has 3 aromatic rings. The average Bonchev–Trinajstić information content (AvgIpc) is 3.69. The third-order valence-electron chi connectivity index (χ3n) is 7.70. The van der Waals surface area contributed by atoms with E-state index in [1.807, 2.05) is 61.6 Å². The van der Waals surface area contributed by atoms with Gasteiger partial charge in [0.2, 0.25) is 23.6 Å². The fourth-order valence-corrected chi connectivity index (χ4v) is 5.61. The highest BCUT2D eigenvalue weighted by Crippen LogP contribution is 2.28. The minimum atomic E-state index is -0.423. The van der Waals surface area contributed by atoms with E-state index in [1.54, 1.807) is 14.5 Å². The molecule has 0 radical (unpaired) electrons. The zero-order valence-electron chi connectivity index (χ0n) is 23.0. The number of hydrogen-bond donors (Lipinski definition) is 2. The third kappa shape index (κ3) is 5.61. The van der Waals surface area contributed by atoms with Crippen molar-refractivity contribution >= 4 is 35.0 Å². The molecule has 3 heterocycles. The lowest BCUT2D eigenvalue weighted by atomic mass is 10.1. The standard InChI is InChI=1S/C30H34N6O4/c1-19(37)35-16-4-6-26(35)29(39)31-23-12-8-21(9-13-23)25-18-28(34(3)33-25)22-10-14-24(15-11-22)32-30(40)27-7-5-17-36(27)20(2)38/h8-15,18,26-27H,4-7,16-17H2,1-3H3,(H,31,39)(H,32,40). The van der Waals surface area contributed by atoms with Crippen LogP contribution >= 0.6 is 0 Å². The Morgan fingerprint density at radius 1 is 0.725 bits per heavy atom. The van der Waals surface area contributed by atoms with E-state index < -0.39 is 12.1 Å². The van der Waals surface area contributed by atoms with E-state index in [-0.39, 0.29) is 23.6 Å². The number of hydrogen-bond acceptors (Lipinski definition) is 5. The van der Waals surface area contributed by atoms with Crippen LogP contribution in [0.15, 0.2) is 54.6 Å². The molecule has 5 rings (SSSR count). The Bertz CT molecular complexity index is 1430. The highest BCUT2D eigenvalue weighted by molar-refractivity contribution is 5.98. The van der Waals surface area contributed by atoms with Crippen LogP contribution in [0.1, 0.15) is 39.5 Å². The van der Waals surface area contributed by atoms with Crippen LogP contribution in [0.25, 0.3) is 22.5 Å². The number of carbonyl (C=O) groups excluding carboxylic acids is 4. The molecule has 1 aromatic heterocycles. The summed E-state index contributed by atoms with van der Waals surface area (Å²) in [5, 5.41) is 10.5. The van der Waals surface area contributed by atoms with Gasteiger partial charge in [-0.3, -0.25) is 23.9 Å². The molecule has 2 saturated heterocycles. The number of rotatable bonds is 6. The predicted molar refractivity (Wildman–Crippen MR) is 152 cm³/mol. The first-order valence-corrected chi connectivity index (χ1v) is 13.6. The van der Waals surface area contributed by atoms with Gasteiger partial charge in [-0.2, -0.15) is 5.10 Å². The number of nitrogens with one attached hydrogen (secondary N) is 2. The van der Waals surface area contributed by atoms with Gasteiger partial charge in [0.05, 0.1) is 11.4 Å². The Balaban J connectivity index is 1.23. The zero-order valence-corrected chi connectivity index (χ0v) is 23.0. The number of aromatic nitrogens is 2. The Morgan fingerprint density at radius 3 is 1.62 bits per heavy atom. The molecule has 2 fully saturated rings. The summed E-state index contributed by atoms with van der Waals surface area (Å²) in [5.41, 5.74) is 4.89. The number of likely N-dealkylation sites (tertiary alicyclic amines) is 2. The fraction of sp³-hybridized carbons (Fsp3) is 0.367. The summed E-state index contributed by atoms with van der Waals surface area (Å²) in [5.74, 6) is -0.491. The molecule has 2 N–H and O–H groups in total. The lowest BCUT2D eigenvalue weighted by Crippen LogP contribution is -2.42. The monoisotopic (exact) mass is 542 g/mol. The SMILES string of the molecule is CC(=O)N1CCCC1C(=O)Nc1ccc(-c2cc(-c3ccc(NC(=O)C4CCCN4C(C)=O)cc3)n(C)n2)cc1. The van der Waals surface area contributed by atoms with Crippen LogP contribution in [-0.4, -0.2) is 68.4 Å². The van der Waals surface area contributed by atoms with Gasteiger partial charge in [-0.25, -0.2) is 0 Å². The van der Waals surface area contributed by atoms with E-state index in [1.165, 1.54) is 13.8 Å². The lowest BCUT2D eigenvalue weighted by molar-refractivity contribution is -0.134. The Labute approximate surface area is 233 Å². The van der Waals surface area contributed by atoms with Crippen molar-refractivity contribution in [2.24, 2.45) is 7.05 Å². The summed E-state index contributed by atoms with van der Waals surface area (Å²) in [7, 11) is 1.88. The first kappa shape index (κ1) is 27.1. The molecule has 2 atom stereocenters. The zero-order chi connectivity index (χ0) is 28.4.